The molecule has 0 unspecified atom stereocenters. The highest BCUT2D eigenvalue weighted by atomic mass is 19.1. The van der Waals surface area contributed by atoms with Gasteiger partial charge in [-0.15, -0.1) is 0 Å². The van der Waals surface area contributed by atoms with Gasteiger partial charge in [0.2, 0.25) is 5.91 Å². The molecule has 1 aromatic carbocycles. The van der Waals surface area contributed by atoms with Crippen LogP contribution in [0.5, 0.6) is 0 Å². The molecule has 0 aliphatic carbocycles. The van der Waals surface area contributed by atoms with E-state index in [-0.39, 0.29) is 5.82 Å². The van der Waals surface area contributed by atoms with Crippen molar-refractivity contribution in [3.63, 3.8) is 0 Å². The maximum atomic E-state index is 12.9. The van der Waals surface area contributed by atoms with Crippen LogP contribution in [0.15, 0.2) is 18.2 Å². The Balaban J connectivity index is 0.000000270. The van der Waals surface area contributed by atoms with E-state index < -0.39 is 11.9 Å². The number of carbonyl (C=O) groups is 1. The molecule has 6 heteroatoms. The number of rotatable bonds is 3. The molecule has 1 amide bonds. The van der Waals surface area contributed by atoms with Crippen molar-refractivity contribution >= 4 is 11.6 Å². The van der Waals surface area contributed by atoms with E-state index in [1.54, 1.807) is 6.07 Å². The summed E-state index contributed by atoms with van der Waals surface area (Å²) >= 11 is 0. The van der Waals surface area contributed by atoms with Gasteiger partial charge in [-0.2, -0.15) is 5.26 Å². The third-order valence-electron chi connectivity index (χ3n) is 3.33. The maximum Gasteiger partial charge on any atom is 0.234 e. The molecule has 21 heavy (non-hydrogen) atoms. The molecule has 1 saturated heterocycles. The lowest BCUT2D eigenvalue weighted by Gasteiger charge is -2.18. The van der Waals surface area contributed by atoms with Crippen LogP contribution in [-0.4, -0.2) is 25.0 Å². The fraction of sp³-hybridized carbons (Fsp3) is 0.467. The minimum Gasteiger partial charge on any atom is -0.370 e. The lowest BCUT2D eigenvalue weighted by Crippen LogP contribution is -2.35. The zero-order chi connectivity index (χ0) is 15.8. The van der Waals surface area contributed by atoms with Gasteiger partial charge in [0.25, 0.3) is 0 Å². The Morgan fingerprint density at radius 1 is 1.48 bits per heavy atom. The number of nitrogens with two attached hydrogens (primary N) is 2. The molecule has 0 aromatic heterocycles. The predicted octanol–water partition coefficient (Wildman–Crippen LogP) is 1.51. The van der Waals surface area contributed by atoms with Crippen LogP contribution in [0.3, 0.4) is 0 Å². The van der Waals surface area contributed by atoms with Crippen LogP contribution >= 0.6 is 0 Å². The monoisotopic (exact) mass is 292 g/mol. The topological polar surface area (TPSA) is 96.1 Å². The van der Waals surface area contributed by atoms with E-state index in [0.717, 1.165) is 31.6 Å². The SMILES string of the molecule is CC[C@H](N)C(N)=O.N#Cc1cc(F)ccc1N1CCCC1. The van der Waals surface area contributed by atoms with Gasteiger partial charge in [-0.05, 0) is 37.5 Å². The number of primary amides is 1. The quantitative estimate of drug-likeness (QED) is 0.882. The molecule has 4 N–H and O–H groups in total. The molecule has 2 rings (SSSR count). The van der Waals surface area contributed by atoms with E-state index in [2.05, 4.69) is 4.90 Å². The molecule has 0 bridgehead atoms. The number of amides is 1. The Bertz CT molecular complexity index is 521. The zero-order valence-electron chi connectivity index (χ0n) is 12.2. The molecular weight excluding hydrogens is 271 g/mol. The second kappa shape index (κ2) is 8.22. The Kier molecular flexibility index (Phi) is 6.63. The molecule has 0 radical (unpaired) electrons. The number of benzene rings is 1. The number of hydrogen-bond donors (Lipinski definition) is 2. The highest BCUT2D eigenvalue weighted by molar-refractivity contribution is 5.79. The Morgan fingerprint density at radius 3 is 2.52 bits per heavy atom. The Hall–Kier alpha value is -2.13. The van der Waals surface area contributed by atoms with Gasteiger partial charge in [0.15, 0.2) is 0 Å². The molecular formula is C15H21FN4O. The number of anilines is 1. The minimum atomic E-state index is -0.458. The summed E-state index contributed by atoms with van der Waals surface area (Å²) in [5.41, 5.74) is 11.2. The van der Waals surface area contributed by atoms with Crippen LogP contribution in [0.4, 0.5) is 10.1 Å². The molecule has 0 spiro atoms. The van der Waals surface area contributed by atoms with Crippen molar-refractivity contribution in [3.8, 4) is 6.07 Å². The average Bonchev–Trinajstić information content (AvgIpc) is 3.00. The molecule has 1 aliphatic rings. The van der Waals surface area contributed by atoms with Crippen LogP contribution in [0.2, 0.25) is 0 Å². The van der Waals surface area contributed by atoms with Crippen molar-refractivity contribution < 1.29 is 9.18 Å². The lowest BCUT2D eigenvalue weighted by atomic mass is 10.2. The van der Waals surface area contributed by atoms with Gasteiger partial charge in [0, 0.05) is 13.1 Å². The van der Waals surface area contributed by atoms with Gasteiger partial charge in [-0.3, -0.25) is 4.79 Å². The van der Waals surface area contributed by atoms with Crippen LogP contribution in [0, 0.1) is 17.1 Å². The third-order valence-corrected chi connectivity index (χ3v) is 3.33. The zero-order valence-corrected chi connectivity index (χ0v) is 12.2. The summed E-state index contributed by atoms with van der Waals surface area (Å²) in [7, 11) is 0. The van der Waals surface area contributed by atoms with Gasteiger partial charge in [0.1, 0.15) is 11.9 Å². The van der Waals surface area contributed by atoms with Crippen LogP contribution in [-0.2, 0) is 4.79 Å². The van der Waals surface area contributed by atoms with Crippen molar-refractivity contribution in [1.82, 2.24) is 0 Å². The van der Waals surface area contributed by atoms with Crippen molar-refractivity contribution in [3.05, 3.63) is 29.6 Å². The normalized spacial score (nSPS) is 14.9. The highest BCUT2D eigenvalue weighted by Gasteiger charge is 2.15. The molecule has 1 aliphatic heterocycles. The van der Waals surface area contributed by atoms with E-state index in [1.165, 1.54) is 12.1 Å². The molecule has 1 aromatic rings. The maximum absolute atomic E-state index is 12.9. The number of halogens is 1. The molecule has 114 valence electrons. The number of nitriles is 1. The Labute approximate surface area is 124 Å². The largest absolute Gasteiger partial charge is 0.370 e. The standard InChI is InChI=1S/C11H11FN2.C4H10N2O/c12-10-3-4-11(9(7-10)8-13)14-5-1-2-6-14;1-2-3(5)4(6)7/h3-4,7H,1-2,5-6H2;3H,2,5H2,1H3,(H2,6,7)/t;3-/m.0/s1. The van der Waals surface area contributed by atoms with Gasteiger partial charge >= 0.3 is 0 Å². The first-order valence-corrected chi connectivity index (χ1v) is 6.99. The molecule has 1 atom stereocenters. The molecule has 1 fully saturated rings. The first kappa shape index (κ1) is 16.9. The molecule has 0 saturated carbocycles. The number of hydrogen-bond acceptors (Lipinski definition) is 4. The Morgan fingerprint density at radius 2 is 2.10 bits per heavy atom. The summed E-state index contributed by atoms with van der Waals surface area (Å²) in [5, 5.41) is 8.86. The fourth-order valence-corrected chi connectivity index (χ4v) is 2.03. The molecule has 1 heterocycles. The first-order valence-electron chi connectivity index (χ1n) is 6.99. The average molecular weight is 292 g/mol. The predicted molar refractivity (Wildman–Crippen MR) is 80.0 cm³/mol. The van der Waals surface area contributed by atoms with Crippen LogP contribution in [0.25, 0.3) is 0 Å². The highest BCUT2D eigenvalue weighted by Crippen LogP contribution is 2.24. The summed E-state index contributed by atoms with van der Waals surface area (Å²) in [6, 6.07) is 5.98. The minimum absolute atomic E-state index is 0.343. The van der Waals surface area contributed by atoms with E-state index in [0.29, 0.717) is 12.0 Å². The fourth-order valence-electron chi connectivity index (χ4n) is 2.03. The van der Waals surface area contributed by atoms with Crippen molar-refractivity contribution in [2.45, 2.75) is 32.2 Å². The smallest absolute Gasteiger partial charge is 0.234 e. The number of carbonyl (C=O) groups excluding carboxylic acids is 1. The van der Waals surface area contributed by atoms with E-state index >= 15 is 0 Å². The van der Waals surface area contributed by atoms with Gasteiger partial charge in [-0.1, -0.05) is 6.92 Å². The van der Waals surface area contributed by atoms with E-state index in [9.17, 15) is 9.18 Å². The summed E-state index contributed by atoms with van der Waals surface area (Å²) in [6.45, 7) is 3.76. The van der Waals surface area contributed by atoms with E-state index in [4.69, 9.17) is 16.7 Å². The summed E-state index contributed by atoms with van der Waals surface area (Å²) in [5.74, 6) is -0.771. The van der Waals surface area contributed by atoms with Crippen molar-refractivity contribution in [2.24, 2.45) is 11.5 Å². The number of nitrogens with zero attached hydrogens (tertiary/aromatic N) is 2. The van der Waals surface area contributed by atoms with Crippen LogP contribution in [0.1, 0.15) is 31.7 Å². The third kappa shape index (κ3) is 5.04. The second-order valence-electron chi connectivity index (χ2n) is 4.88. The lowest BCUT2D eigenvalue weighted by molar-refractivity contribution is -0.119. The van der Waals surface area contributed by atoms with Gasteiger partial charge < -0.3 is 16.4 Å². The summed E-state index contributed by atoms with van der Waals surface area (Å²) in [4.78, 5) is 12.2. The van der Waals surface area contributed by atoms with Crippen molar-refractivity contribution in [2.75, 3.05) is 18.0 Å². The summed E-state index contributed by atoms with van der Waals surface area (Å²) < 4.78 is 12.9. The summed E-state index contributed by atoms with van der Waals surface area (Å²) in [6.07, 6.45) is 2.93. The van der Waals surface area contributed by atoms with Gasteiger partial charge in [-0.25, -0.2) is 4.39 Å². The van der Waals surface area contributed by atoms with E-state index in [1.807, 2.05) is 13.0 Å². The van der Waals surface area contributed by atoms with Crippen LogP contribution < -0.4 is 16.4 Å². The second-order valence-corrected chi connectivity index (χ2v) is 4.88. The molecule has 5 nitrogen and oxygen atoms in total. The van der Waals surface area contributed by atoms with Crippen molar-refractivity contribution in [1.29, 1.82) is 5.26 Å². The first-order chi connectivity index (χ1) is 9.99. The van der Waals surface area contributed by atoms with Gasteiger partial charge in [0.05, 0.1) is 17.3 Å².